The van der Waals surface area contributed by atoms with E-state index in [0.717, 1.165) is 22.4 Å². The summed E-state index contributed by atoms with van der Waals surface area (Å²) in [5.74, 6) is -1.11. The van der Waals surface area contributed by atoms with E-state index in [9.17, 15) is 19.5 Å². The van der Waals surface area contributed by atoms with E-state index in [0.29, 0.717) is 19.5 Å². The van der Waals surface area contributed by atoms with Crippen LogP contribution in [0, 0.1) is 22.7 Å². The molecule has 3 aromatic rings. The third kappa shape index (κ3) is 13.1. The van der Waals surface area contributed by atoms with Crippen LogP contribution >= 0.6 is 0 Å². The second kappa shape index (κ2) is 18.2. The number of esters is 1. The predicted octanol–water partition coefficient (Wildman–Crippen LogP) is 6.01. The Balaban J connectivity index is 1.90. The molecule has 9 heteroatoms. The number of methoxy groups -OCH3 is 1. The largest absolute Gasteiger partial charge is 0.469 e. The van der Waals surface area contributed by atoms with E-state index >= 15 is 0 Å². The maximum atomic E-state index is 13.8. The number of carbonyl (C=O) groups is 3. The topological polar surface area (TPSA) is 121 Å². The Morgan fingerprint density at radius 1 is 0.857 bits per heavy atom. The van der Waals surface area contributed by atoms with Crippen LogP contribution in [0.3, 0.4) is 0 Å². The van der Waals surface area contributed by atoms with Crippen LogP contribution in [-0.4, -0.2) is 65.1 Å². The summed E-state index contributed by atoms with van der Waals surface area (Å²) >= 11 is 0. The third-order valence-electron chi connectivity index (χ3n) is 9.01. The zero-order valence-electron chi connectivity index (χ0n) is 30.5. The van der Waals surface area contributed by atoms with Crippen molar-refractivity contribution in [1.82, 2.24) is 20.7 Å². The lowest BCUT2D eigenvalue weighted by Gasteiger charge is -2.35. The number of benzene rings is 2. The molecule has 0 radical (unpaired) electrons. The average Bonchev–Trinajstić information content (AvgIpc) is 3.05. The fraction of sp³-hybridized carbons (Fsp3) is 0.500. The van der Waals surface area contributed by atoms with Gasteiger partial charge in [-0.1, -0.05) is 102 Å². The van der Waals surface area contributed by atoms with Crippen LogP contribution < -0.4 is 10.7 Å². The second-order valence-corrected chi connectivity index (χ2v) is 15.2. The van der Waals surface area contributed by atoms with Crippen LogP contribution in [0.4, 0.5) is 0 Å². The van der Waals surface area contributed by atoms with E-state index in [1.807, 2.05) is 98.6 Å². The van der Waals surface area contributed by atoms with Crippen molar-refractivity contribution in [2.45, 2.75) is 86.4 Å². The van der Waals surface area contributed by atoms with Crippen LogP contribution in [-0.2, 0) is 32.1 Å². The Bertz CT molecular complexity index is 1470. The summed E-state index contributed by atoms with van der Waals surface area (Å²) in [7, 11) is 1.40. The fourth-order valence-corrected chi connectivity index (χ4v) is 5.92. The van der Waals surface area contributed by atoms with Gasteiger partial charge in [-0.15, -0.1) is 0 Å². The van der Waals surface area contributed by atoms with Crippen molar-refractivity contribution in [2.75, 3.05) is 20.2 Å². The van der Waals surface area contributed by atoms with Gasteiger partial charge < -0.3 is 15.2 Å². The highest BCUT2D eigenvalue weighted by Crippen LogP contribution is 2.29. The Morgan fingerprint density at radius 2 is 1.51 bits per heavy atom. The number of aliphatic hydroxyl groups excluding tert-OH is 1. The molecule has 0 aliphatic rings. The number of Topliss-reactive ketones (excluding diaryl/α,β-unsaturated/α-hetero) is 1. The first kappa shape index (κ1) is 39.5. The molecule has 49 heavy (non-hydrogen) atoms. The standard InChI is InChI=1S/C40H56N4O5/c1-28(45)43-38(40(5,6)7)35(46)23-32(22-29-14-10-9-11-15-29)36(47)27-44(42-25-33(39(2,3)4)24-37(48)49-8)26-30-17-19-31(20-18-30)34-16-12-13-21-41-34/h9-21,32-33,36,38,42,47H,22-27H2,1-8H3,(H,43,45)/t32-,33-,36+,38-/m1/s1. The van der Waals surface area contributed by atoms with Crippen molar-refractivity contribution in [2.24, 2.45) is 22.7 Å². The number of hydrogen-bond acceptors (Lipinski definition) is 8. The van der Waals surface area contributed by atoms with E-state index < -0.39 is 23.5 Å². The molecular formula is C40H56N4O5. The van der Waals surface area contributed by atoms with Gasteiger partial charge >= 0.3 is 5.97 Å². The Morgan fingerprint density at radius 3 is 2.06 bits per heavy atom. The number of nitrogens with zero attached hydrogens (tertiary/aromatic N) is 2. The first-order valence-corrected chi connectivity index (χ1v) is 17.1. The molecule has 0 aliphatic carbocycles. The smallest absolute Gasteiger partial charge is 0.305 e. The molecule has 0 unspecified atom stereocenters. The molecular weight excluding hydrogens is 616 g/mol. The molecule has 2 aromatic carbocycles. The monoisotopic (exact) mass is 672 g/mol. The number of hydrogen-bond donors (Lipinski definition) is 3. The molecule has 0 bridgehead atoms. The number of hydrazine groups is 1. The zero-order valence-corrected chi connectivity index (χ0v) is 30.5. The van der Waals surface area contributed by atoms with Crippen molar-refractivity contribution in [3.05, 3.63) is 90.1 Å². The lowest BCUT2D eigenvalue weighted by Crippen LogP contribution is -2.51. The summed E-state index contributed by atoms with van der Waals surface area (Å²) in [6.07, 6.45) is 1.72. The molecule has 4 atom stereocenters. The van der Waals surface area contributed by atoms with Crippen LogP contribution in [0.5, 0.6) is 0 Å². The molecule has 3 rings (SSSR count). The molecule has 266 valence electrons. The maximum Gasteiger partial charge on any atom is 0.305 e. The molecule has 0 saturated heterocycles. The van der Waals surface area contributed by atoms with E-state index in [4.69, 9.17) is 4.74 Å². The van der Waals surface area contributed by atoms with Crippen LogP contribution in [0.1, 0.15) is 72.4 Å². The zero-order chi connectivity index (χ0) is 36.2. The first-order chi connectivity index (χ1) is 23.1. The van der Waals surface area contributed by atoms with E-state index in [1.165, 1.54) is 14.0 Å². The van der Waals surface area contributed by atoms with Crippen LogP contribution in [0.15, 0.2) is 79.0 Å². The second-order valence-electron chi connectivity index (χ2n) is 15.2. The normalized spacial score (nSPS) is 14.5. The SMILES string of the molecule is COC(=O)C[C@H](CNN(Cc1ccc(-c2ccccn2)cc1)C[C@H](O)[C@@H](CC(=O)[C@@H](NC(C)=O)C(C)(C)C)Cc1ccccc1)C(C)(C)C. The van der Waals surface area contributed by atoms with E-state index in [-0.39, 0.29) is 48.4 Å². The molecule has 0 aliphatic heterocycles. The summed E-state index contributed by atoms with van der Waals surface area (Å²) in [6, 6.07) is 23.1. The minimum Gasteiger partial charge on any atom is -0.469 e. The summed E-state index contributed by atoms with van der Waals surface area (Å²) in [5.41, 5.74) is 6.78. The van der Waals surface area contributed by atoms with Crippen LogP contribution in [0.25, 0.3) is 11.3 Å². The van der Waals surface area contributed by atoms with Crippen molar-refractivity contribution in [3.8, 4) is 11.3 Å². The molecule has 9 nitrogen and oxygen atoms in total. The number of nitrogens with one attached hydrogen (secondary N) is 2. The minimum absolute atomic E-state index is 0.0435. The van der Waals surface area contributed by atoms with Gasteiger partial charge in [0.15, 0.2) is 5.78 Å². The van der Waals surface area contributed by atoms with Crippen molar-refractivity contribution in [3.63, 3.8) is 0 Å². The number of amides is 1. The number of aromatic nitrogens is 1. The summed E-state index contributed by atoms with van der Waals surface area (Å²) in [6.45, 7) is 14.7. The highest BCUT2D eigenvalue weighted by atomic mass is 16.5. The Hall–Kier alpha value is -3.92. The van der Waals surface area contributed by atoms with Gasteiger partial charge in [0.05, 0.1) is 31.4 Å². The van der Waals surface area contributed by atoms with Gasteiger partial charge in [-0.05, 0) is 52.3 Å². The molecule has 1 aromatic heterocycles. The Labute approximate surface area is 292 Å². The van der Waals surface area contributed by atoms with Gasteiger partial charge in [-0.25, -0.2) is 5.01 Å². The lowest BCUT2D eigenvalue weighted by molar-refractivity contribution is -0.142. The fourth-order valence-electron chi connectivity index (χ4n) is 5.92. The highest BCUT2D eigenvalue weighted by molar-refractivity contribution is 5.89. The van der Waals surface area contributed by atoms with Crippen LogP contribution in [0.2, 0.25) is 0 Å². The maximum absolute atomic E-state index is 13.8. The number of ether oxygens (including phenoxy) is 1. The van der Waals surface area contributed by atoms with Crippen molar-refractivity contribution in [1.29, 1.82) is 0 Å². The first-order valence-electron chi connectivity index (χ1n) is 17.1. The van der Waals surface area contributed by atoms with Crippen molar-refractivity contribution >= 4 is 17.7 Å². The van der Waals surface area contributed by atoms with Gasteiger partial charge in [0.1, 0.15) is 0 Å². The quantitative estimate of drug-likeness (QED) is 0.118. The van der Waals surface area contributed by atoms with Gasteiger partial charge in [-0.2, -0.15) is 0 Å². The number of aliphatic hydroxyl groups is 1. The number of ketones is 1. The summed E-state index contributed by atoms with van der Waals surface area (Å²) < 4.78 is 5.00. The third-order valence-corrected chi connectivity index (χ3v) is 9.01. The van der Waals surface area contributed by atoms with Gasteiger partial charge in [-0.3, -0.25) is 24.8 Å². The van der Waals surface area contributed by atoms with E-state index in [2.05, 4.69) is 36.5 Å². The number of rotatable bonds is 17. The summed E-state index contributed by atoms with van der Waals surface area (Å²) in [5, 5.41) is 16.8. The predicted molar refractivity (Wildman–Crippen MR) is 194 cm³/mol. The molecule has 0 fully saturated rings. The molecule has 1 amide bonds. The lowest BCUT2D eigenvalue weighted by atomic mass is 9.79. The van der Waals surface area contributed by atoms with Gasteiger partial charge in [0.2, 0.25) is 5.91 Å². The minimum atomic E-state index is -0.893. The molecule has 0 spiro atoms. The summed E-state index contributed by atoms with van der Waals surface area (Å²) in [4.78, 5) is 42.6. The highest BCUT2D eigenvalue weighted by Gasteiger charge is 2.35. The number of carbonyl (C=O) groups excluding carboxylic acids is 3. The van der Waals surface area contributed by atoms with E-state index in [1.54, 1.807) is 6.20 Å². The Kier molecular flexibility index (Phi) is 14.7. The van der Waals surface area contributed by atoms with Crippen molar-refractivity contribution < 1.29 is 24.2 Å². The van der Waals surface area contributed by atoms with Gasteiger partial charge in [0, 0.05) is 44.7 Å². The molecule has 0 saturated carbocycles. The number of pyridine rings is 1. The van der Waals surface area contributed by atoms with Gasteiger partial charge in [0.25, 0.3) is 0 Å². The average molecular weight is 673 g/mol. The molecule has 3 N–H and O–H groups in total. The molecule has 1 heterocycles.